The molecule has 1 amide bonds. The van der Waals surface area contributed by atoms with Crippen LogP contribution in [-0.4, -0.2) is 31.8 Å². The summed E-state index contributed by atoms with van der Waals surface area (Å²) in [5.41, 5.74) is 1.43. The second-order valence-electron chi connectivity index (χ2n) is 6.71. The fourth-order valence-electron chi connectivity index (χ4n) is 3.15. The van der Waals surface area contributed by atoms with Crippen LogP contribution in [-0.2, 0) is 17.9 Å². The molecular weight excluding hydrogens is 422 g/mol. The van der Waals surface area contributed by atoms with E-state index in [0.29, 0.717) is 30.7 Å². The number of benzene rings is 1. The topological polar surface area (TPSA) is 81.8 Å². The molecule has 2 aromatic heterocycles. The minimum Gasteiger partial charge on any atom is -0.354 e. The summed E-state index contributed by atoms with van der Waals surface area (Å²) in [6.45, 7) is 5.40. The van der Waals surface area contributed by atoms with Crippen molar-refractivity contribution >= 4 is 32.9 Å². The van der Waals surface area contributed by atoms with Crippen molar-refractivity contribution in [1.82, 2.24) is 24.6 Å². The summed E-state index contributed by atoms with van der Waals surface area (Å²) in [5.74, 6) is 0.101. The molecule has 148 valence electrons. The van der Waals surface area contributed by atoms with Crippen molar-refractivity contribution in [1.29, 1.82) is 0 Å². The molecule has 0 spiro atoms. The van der Waals surface area contributed by atoms with Crippen molar-refractivity contribution in [2.24, 2.45) is 5.92 Å². The fourth-order valence-corrected chi connectivity index (χ4v) is 3.41. The lowest BCUT2D eigenvalue weighted by Gasteiger charge is -2.12. The van der Waals surface area contributed by atoms with Crippen LogP contribution < -0.4 is 10.9 Å². The maximum Gasteiger partial charge on any atom is 0.264 e. The molecule has 0 unspecified atom stereocenters. The Morgan fingerprint density at radius 2 is 1.93 bits per heavy atom. The van der Waals surface area contributed by atoms with E-state index in [1.807, 2.05) is 38.1 Å². The van der Waals surface area contributed by atoms with Crippen LogP contribution in [0.15, 0.2) is 46.1 Å². The molecule has 0 fully saturated rings. The normalized spacial score (nSPS) is 11.3. The number of rotatable bonds is 8. The average Bonchev–Trinajstić information content (AvgIpc) is 3.10. The van der Waals surface area contributed by atoms with Crippen LogP contribution in [0.3, 0.4) is 0 Å². The van der Waals surface area contributed by atoms with Crippen LogP contribution in [0.25, 0.3) is 11.0 Å². The molecule has 0 saturated heterocycles. The molecule has 0 aliphatic carbocycles. The minimum absolute atomic E-state index is 0.0401. The van der Waals surface area contributed by atoms with Gasteiger partial charge in [0.2, 0.25) is 5.91 Å². The van der Waals surface area contributed by atoms with Crippen LogP contribution in [0.4, 0.5) is 0 Å². The van der Waals surface area contributed by atoms with Gasteiger partial charge >= 0.3 is 0 Å². The summed E-state index contributed by atoms with van der Waals surface area (Å²) in [6.07, 6.45) is 4.75. The zero-order valence-corrected chi connectivity index (χ0v) is 17.6. The minimum atomic E-state index is -0.125. The number of halogens is 1. The molecule has 28 heavy (non-hydrogen) atoms. The van der Waals surface area contributed by atoms with E-state index in [2.05, 4.69) is 31.3 Å². The number of hydrogen-bond acceptors (Lipinski definition) is 4. The van der Waals surface area contributed by atoms with Gasteiger partial charge in [-0.05, 0) is 30.5 Å². The van der Waals surface area contributed by atoms with Gasteiger partial charge in [0.1, 0.15) is 11.7 Å². The first kappa shape index (κ1) is 20.3. The third-order valence-electron chi connectivity index (χ3n) is 4.87. The number of nitrogens with one attached hydrogen (secondary N) is 1. The lowest BCUT2D eigenvalue weighted by molar-refractivity contribution is -0.125. The van der Waals surface area contributed by atoms with E-state index in [-0.39, 0.29) is 17.4 Å². The molecular formula is C20H24BrN5O2. The number of fused-ring (bicyclic) bond motifs is 1. The maximum absolute atomic E-state index is 12.8. The number of carbonyl (C=O) groups is 1. The zero-order chi connectivity index (χ0) is 20.1. The average molecular weight is 446 g/mol. The SMILES string of the molecule is CCC(CC)C(=O)NCCn1ncc2c(=O)n(Cc3ccc(Br)cc3)cnc21. The zero-order valence-electron chi connectivity index (χ0n) is 16.1. The van der Waals surface area contributed by atoms with E-state index in [9.17, 15) is 9.59 Å². The van der Waals surface area contributed by atoms with Crippen LogP contribution in [0.5, 0.6) is 0 Å². The number of carbonyl (C=O) groups excluding carboxylic acids is 1. The van der Waals surface area contributed by atoms with E-state index in [1.54, 1.807) is 21.8 Å². The predicted octanol–water partition coefficient (Wildman–Crippen LogP) is 2.96. The van der Waals surface area contributed by atoms with Crippen LogP contribution in [0, 0.1) is 5.92 Å². The lowest BCUT2D eigenvalue weighted by atomic mass is 10.0. The molecule has 0 radical (unpaired) electrons. The van der Waals surface area contributed by atoms with Gasteiger partial charge in [-0.1, -0.05) is 41.9 Å². The molecule has 2 heterocycles. The molecule has 0 atom stereocenters. The first-order chi connectivity index (χ1) is 13.5. The van der Waals surface area contributed by atoms with Gasteiger partial charge in [0.25, 0.3) is 5.56 Å². The summed E-state index contributed by atoms with van der Waals surface area (Å²) in [5, 5.41) is 7.70. The molecule has 7 nitrogen and oxygen atoms in total. The van der Waals surface area contributed by atoms with Crippen molar-refractivity contribution in [3.8, 4) is 0 Å². The third kappa shape index (κ3) is 4.49. The quantitative estimate of drug-likeness (QED) is 0.577. The van der Waals surface area contributed by atoms with Gasteiger partial charge in [-0.15, -0.1) is 0 Å². The van der Waals surface area contributed by atoms with Gasteiger partial charge in [-0.25, -0.2) is 9.67 Å². The van der Waals surface area contributed by atoms with E-state index >= 15 is 0 Å². The first-order valence-electron chi connectivity index (χ1n) is 9.46. The monoisotopic (exact) mass is 445 g/mol. The lowest BCUT2D eigenvalue weighted by Crippen LogP contribution is -2.32. The smallest absolute Gasteiger partial charge is 0.264 e. The van der Waals surface area contributed by atoms with Gasteiger partial charge < -0.3 is 5.32 Å². The Labute approximate surface area is 171 Å². The number of hydrogen-bond donors (Lipinski definition) is 1. The Morgan fingerprint density at radius 3 is 2.61 bits per heavy atom. The van der Waals surface area contributed by atoms with Crippen molar-refractivity contribution in [3.63, 3.8) is 0 Å². The van der Waals surface area contributed by atoms with Crippen molar-refractivity contribution in [3.05, 3.63) is 57.2 Å². The van der Waals surface area contributed by atoms with Gasteiger partial charge in [0, 0.05) is 16.9 Å². The highest BCUT2D eigenvalue weighted by atomic mass is 79.9. The molecule has 3 rings (SSSR count). The van der Waals surface area contributed by atoms with Crippen LogP contribution >= 0.6 is 15.9 Å². The molecule has 8 heteroatoms. The second-order valence-corrected chi connectivity index (χ2v) is 7.63. The summed E-state index contributed by atoms with van der Waals surface area (Å²) >= 11 is 3.41. The van der Waals surface area contributed by atoms with Gasteiger partial charge in [0.05, 0.1) is 19.3 Å². The van der Waals surface area contributed by atoms with Gasteiger partial charge in [-0.2, -0.15) is 5.10 Å². The van der Waals surface area contributed by atoms with Crippen molar-refractivity contribution in [2.75, 3.05) is 6.54 Å². The van der Waals surface area contributed by atoms with E-state index in [0.717, 1.165) is 22.9 Å². The number of nitrogens with zero attached hydrogens (tertiary/aromatic N) is 4. The third-order valence-corrected chi connectivity index (χ3v) is 5.40. The van der Waals surface area contributed by atoms with E-state index in [1.165, 1.54) is 0 Å². The maximum atomic E-state index is 12.8. The Morgan fingerprint density at radius 1 is 1.21 bits per heavy atom. The highest BCUT2D eigenvalue weighted by Gasteiger charge is 2.14. The standard InChI is InChI=1S/C20H24BrN5O2/c1-3-15(4-2)19(27)22-9-10-26-18-17(11-24-26)20(28)25(13-23-18)12-14-5-7-16(21)8-6-14/h5-8,11,13,15H,3-4,9-10,12H2,1-2H3,(H,22,27). The largest absolute Gasteiger partial charge is 0.354 e. The summed E-state index contributed by atoms with van der Waals surface area (Å²) in [4.78, 5) is 29.3. The van der Waals surface area contributed by atoms with Gasteiger partial charge in [-0.3, -0.25) is 14.2 Å². The Bertz CT molecular complexity index is 1010. The Hall–Kier alpha value is -2.48. The van der Waals surface area contributed by atoms with Crippen LogP contribution in [0.1, 0.15) is 32.3 Å². The van der Waals surface area contributed by atoms with E-state index < -0.39 is 0 Å². The highest BCUT2D eigenvalue weighted by molar-refractivity contribution is 9.10. The predicted molar refractivity (Wildman–Crippen MR) is 112 cm³/mol. The molecule has 3 aromatic rings. The van der Waals surface area contributed by atoms with Crippen molar-refractivity contribution in [2.45, 2.75) is 39.8 Å². The second kappa shape index (κ2) is 9.14. The van der Waals surface area contributed by atoms with E-state index in [4.69, 9.17) is 0 Å². The Kier molecular flexibility index (Phi) is 6.61. The molecule has 0 aliphatic rings. The van der Waals surface area contributed by atoms with Crippen LogP contribution in [0.2, 0.25) is 0 Å². The molecule has 0 bridgehead atoms. The molecule has 0 aliphatic heterocycles. The Balaban J connectivity index is 1.71. The van der Waals surface area contributed by atoms with Crippen molar-refractivity contribution < 1.29 is 4.79 Å². The molecule has 1 N–H and O–H groups in total. The number of aromatic nitrogens is 4. The molecule has 0 saturated carbocycles. The highest BCUT2D eigenvalue weighted by Crippen LogP contribution is 2.12. The summed E-state index contributed by atoms with van der Waals surface area (Å²) in [7, 11) is 0. The summed E-state index contributed by atoms with van der Waals surface area (Å²) < 4.78 is 4.23. The molecule has 1 aromatic carbocycles. The van der Waals surface area contributed by atoms with Gasteiger partial charge in [0.15, 0.2) is 5.65 Å². The number of amides is 1. The fraction of sp³-hybridized carbons (Fsp3) is 0.400. The summed E-state index contributed by atoms with van der Waals surface area (Å²) in [6, 6.07) is 7.82. The first-order valence-corrected chi connectivity index (χ1v) is 10.3.